The van der Waals surface area contributed by atoms with Crippen LogP contribution in [0.4, 0.5) is 14.0 Å². The predicted molar refractivity (Wildman–Crippen MR) is 364 cm³/mol. The molecule has 3 aromatic rings. The molecule has 2 aromatic carbocycles. The first-order valence-corrected chi connectivity index (χ1v) is 34.4. The number of nitrogens with zero attached hydrogens (tertiary/aromatic N) is 6. The van der Waals surface area contributed by atoms with E-state index in [9.17, 15) is 23.6 Å². The molecule has 1 heterocycles. The zero-order valence-electron chi connectivity index (χ0n) is 59.5. The number of azide groups is 1. The molecule has 0 spiro atoms. The Morgan fingerprint density at radius 1 is 0.699 bits per heavy atom. The molecule has 0 aliphatic heterocycles. The minimum Gasteiger partial charge on any atom is -0.461 e. The molecule has 510 valence electrons. The third kappa shape index (κ3) is 17.1. The van der Waals surface area contributed by atoms with Gasteiger partial charge in [0, 0.05) is 37.2 Å². The molecule has 93 heavy (non-hydrogen) atoms. The van der Waals surface area contributed by atoms with Gasteiger partial charge in [-0.25, -0.2) is 23.9 Å². The van der Waals surface area contributed by atoms with Crippen molar-refractivity contribution in [1.29, 1.82) is 0 Å². The summed E-state index contributed by atoms with van der Waals surface area (Å²) in [6.45, 7) is 25.7. The fraction of sp³-hybridized carbons (Fsp3) is 0.684. The number of terminal acetylenes is 1. The summed E-state index contributed by atoms with van der Waals surface area (Å²) >= 11 is 0. The van der Waals surface area contributed by atoms with Gasteiger partial charge in [0.05, 0.1) is 26.0 Å². The molecule has 17 heteroatoms. The average molecular weight is 1280 g/mol. The van der Waals surface area contributed by atoms with E-state index < -0.39 is 35.5 Å². The van der Waals surface area contributed by atoms with Crippen molar-refractivity contribution in [2.45, 2.75) is 261 Å². The number of carbonyl (C=O) groups is 4. The number of allylic oxidation sites excluding steroid dienone is 2. The van der Waals surface area contributed by atoms with Gasteiger partial charge in [-0.05, 0) is 218 Å². The van der Waals surface area contributed by atoms with Crippen molar-refractivity contribution in [3.8, 4) is 12.3 Å². The summed E-state index contributed by atoms with van der Waals surface area (Å²) in [6.07, 6.45) is 30.1. The average Bonchev–Trinajstić information content (AvgIpc) is 1.37. The zero-order valence-corrected chi connectivity index (χ0v) is 58.5. The van der Waals surface area contributed by atoms with E-state index in [1.54, 1.807) is 20.8 Å². The maximum Gasteiger partial charge on any atom is 0.408 e. The summed E-state index contributed by atoms with van der Waals surface area (Å²) < 4.78 is 39.9. The second-order valence-electron chi connectivity index (χ2n) is 30.6. The van der Waals surface area contributed by atoms with Gasteiger partial charge in [0.15, 0.2) is 0 Å². The maximum absolute atomic E-state index is 13.1. The number of hydrogen-bond donors (Lipinski definition) is 2. The lowest BCUT2D eigenvalue weighted by atomic mass is 9.47. The molecule has 8 aliphatic rings. The molecule has 6 saturated carbocycles. The Bertz CT molecular complexity index is 3170. The largest absolute Gasteiger partial charge is 0.461 e. The second-order valence-corrected chi connectivity index (χ2v) is 30.6. The third-order valence-electron chi connectivity index (χ3n) is 22.9. The van der Waals surface area contributed by atoms with Crippen LogP contribution in [0, 0.1) is 75.4 Å². The summed E-state index contributed by atoms with van der Waals surface area (Å²) in [5.41, 5.74) is 14.1. The number of esters is 2. The quantitative estimate of drug-likeness (QED) is 0.0315. The lowest BCUT2D eigenvalue weighted by Crippen LogP contribution is -2.51. The highest BCUT2D eigenvalue weighted by Gasteiger charge is 2.61. The van der Waals surface area contributed by atoms with E-state index in [0.717, 1.165) is 75.3 Å². The molecule has 16 atom stereocenters. The molecule has 1 aromatic heterocycles. The predicted octanol–water partition coefficient (Wildman–Crippen LogP) is 17.7. The number of ether oxygens (including phenoxy) is 4. The van der Waals surface area contributed by atoms with Gasteiger partial charge in [-0.15, -0.1) is 17.4 Å². The summed E-state index contributed by atoms with van der Waals surface area (Å²) in [6, 6.07) is 18.7. The van der Waals surface area contributed by atoms with E-state index in [1.165, 1.54) is 81.2 Å². The molecule has 6 fully saturated rings. The van der Waals surface area contributed by atoms with Crippen LogP contribution in [0.15, 0.2) is 95.3 Å². The highest BCUT2D eigenvalue weighted by molar-refractivity contribution is 5.82. The van der Waals surface area contributed by atoms with Gasteiger partial charge < -0.3 is 29.6 Å². The van der Waals surface area contributed by atoms with Gasteiger partial charge >= 0.3 is 24.1 Å². The van der Waals surface area contributed by atoms with Gasteiger partial charge in [0.25, 0.3) is 0 Å². The number of amides is 2. The normalized spacial score (nSPS) is 31.8. The number of benzene rings is 2. The summed E-state index contributed by atoms with van der Waals surface area (Å²) in [4.78, 5) is 53.1. The van der Waals surface area contributed by atoms with Gasteiger partial charge in [0.2, 0.25) is 0 Å². The molecule has 2 amide bonds. The first-order chi connectivity index (χ1) is 44.7. The van der Waals surface area contributed by atoms with Crippen LogP contribution in [0.25, 0.3) is 10.4 Å². The molecule has 11 rings (SSSR count). The van der Waals surface area contributed by atoms with Crippen molar-refractivity contribution in [3.05, 3.63) is 117 Å². The van der Waals surface area contributed by atoms with Crippen LogP contribution < -0.4 is 10.6 Å². The molecule has 2 N–H and O–H groups in total. The van der Waals surface area contributed by atoms with Crippen molar-refractivity contribution in [2.24, 2.45) is 68.2 Å². The Morgan fingerprint density at radius 2 is 1.16 bits per heavy atom. The number of alkyl carbamates (subject to hydrolysis) is 2. The van der Waals surface area contributed by atoms with E-state index in [4.69, 9.17) is 37.4 Å². The summed E-state index contributed by atoms with van der Waals surface area (Å²) in [5, 5.41) is 18.1. The second kappa shape index (κ2) is 31.3. The van der Waals surface area contributed by atoms with Crippen LogP contribution in [0.3, 0.4) is 0 Å². The third-order valence-corrected chi connectivity index (χ3v) is 22.9. The highest BCUT2D eigenvalue weighted by Crippen LogP contribution is 2.69. The van der Waals surface area contributed by atoms with E-state index in [1.807, 2.05) is 75.7 Å². The zero-order chi connectivity index (χ0) is 68.8. The van der Waals surface area contributed by atoms with Gasteiger partial charge in [-0.2, -0.15) is 0 Å². The monoisotopic (exact) mass is 1280 g/mol. The van der Waals surface area contributed by atoms with E-state index in [2.05, 4.69) is 102 Å². The van der Waals surface area contributed by atoms with Crippen LogP contribution in [-0.4, -0.2) is 81.8 Å². The van der Waals surface area contributed by atoms with Crippen LogP contribution in [-0.2, 0) is 41.6 Å². The molecule has 0 radical (unpaired) electrons. The van der Waals surface area contributed by atoms with Crippen LogP contribution in [0.1, 0.15) is 230 Å². The van der Waals surface area contributed by atoms with Gasteiger partial charge in [0.1, 0.15) is 35.5 Å². The van der Waals surface area contributed by atoms with Gasteiger partial charge in [-0.3, -0.25) is 4.39 Å². The van der Waals surface area contributed by atoms with E-state index >= 15 is 0 Å². The van der Waals surface area contributed by atoms with Crippen molar-refractivity contribution in [2.75, 3.05) is 7.18 Å². The molecular weight excluding hydrogens is 1170 g/mol. The van der Waals surface area contributed by atoms with Crippen LogP contribution in [0.5, 0.6) is 0 Å². The fourth-order valence-corrected chi connectivity index (χ4v) is 18.3. The molecule has 6 unspecified atom stereocenters. The smallest absolute Gasteiger partial charge is 0.408 e. The molecule has 0 bridgehead atoms. The summed E-state index contributed by atoms with van der Waals surface area (Å²) in [7, 11) is 1.75. The first kappa shape index (κ1) is 72.2. The lowest BCUT2D eigenvalue weighted by Gasteiger charge is -2.58. The minimum absolute atomic E-state index is 0.126. The molecule has 0 saturated heterocycles. The number of fused-ring (bicyclic) bond motifs is 10. The number of aromatic nitrogens is 3. The standard InChI is InChI=1S/C37H52N4O4.C30H45NO4.C7H7N3.CH3F.CH4/c1-7-31(38-34(43)45-35(2,3)4)33(42)44-26-17-19-36(5)25(21-26)13-14-27-28-15-16-30(37(28,6)20-18-29(27)36)32-23-41(40-39-32)22-24-11-9-8-10-12-24;1-8-19-11-13-23-22-12-10-20-18-21(14-16-30(20,7)24(22)15-17-29(19,23)6)34-26(32)25(9-2)31-27(33)35-28(3,4)5;8-10-9-6-7-4-2-1-3-5-7;1-2;/h8-13,23,26-31H,7,14-22H2,1-6H3,(H,38,43);1,10,19,21-25H,9,11-18H2,2-7H3,(H,31,33);1-5H,6H2;1H3;1H4/t26-,27?,28?,29?,30+,31-,36-,37-;19-,21-,22?,23?,24?,25-,29+,30-;;;/m00.../s1/i;;;;1D. The minimum atomic E-state index is -0.704. The Kier molecular flexibility index (Phi) is 24.3. The summed E-state index contributed by atoms with van der Waals surface area (Å²) in [5.74, 6) is 7.49. The SMILES string of the molecule is C#C[C@H]1CCC2C3CC=C4C[C@@H](OC(=O)[C@H](CC)NC(=O)OC(C)(C)C)CC[C@]4(C)C3CC[C@@]21C.CC[C@H](NC(=O)OC(C)(C)C)C(=O)O[C@H]1CC[C@@]2(C)C(=CCC3C2CC[C@@]2(C)C3CC[C@@H]2c2cn(Cc3ccccc3)nn2)C1.CF.[2H]C.[N-]=[N+]=NCc1ccccc1. The van der Waals surface area contributed by atoms with Crippen LogP contribution in [0.2, 0.25) is 0 Å². The number of rotatable bonds is 13. The first-order valence-electron chi connectivity index (χ1n) is 35.4. The number of halogens is 1. The molecular formula is C76H111FN8O8. The molecule has 16 nitrogen and oxygen atoms in total. The molecule has 8 aliphatic carbocycles. The van der Waals surface area contributed by atoms with Crippen molar-refractivity contribution in [3.63, 3.8) is 0 Å². The maximum atomic E-state index is 13.1. The van der Waals surface area contributed by atoms with E-state index in [0.29, 0.717) is 67.5 Å². The highest BCUT2D eigenvalue weighted by atomic mass is 19.1. The van der Waals surface area contributed by atoms with E-state index in [-0.39, 0.29) is 40.4 Å². The Balaban J connectivity index is 0.000000226. The van der Waals surface area contributed by atoms with Crippen molar-refractivity contribution in [1.82, 2.24) is 25.6 Å². The fourth-order valence-electron chi connectivity index (χ4n) is 18.3. The Hall–Kier alpha value is -6.66. The Labute approximate surface area is 556 Å². The van der Waals surface area contributed by atoms with Crippen molar-refractivity contribution < 1.29 is 43.9 Å². The van der Waals surface area contributed by atoms with Gasteiger partial charge in [-0.1, -0.05) is 143 Å². The van der Waals surface area contributed by atoms with Crippen LogP contribution >= 0.6 is 0 Å². The number of carbonyl (C=O) groups excluding carboxylic acids is 4. The Morgan fingerprint density at radius 3 is 1.62 bits per heavy atom. The lowest BCUT2D eigenvalue weighted by molar-refractivity contribution is -0.155. The number of hydrogen-bond acceptors (Lipinski definition) is 11. The number of alkyl halides is 1. The topological polar surface area (TPSA) is 209 Å². The number of nitrogens with one attached hydrogen (secondary N) is 2. The van der Waals surface area contributed by atoms with Crippen molar-refractivity contribution >= 4 is 24.1 Å².